The largest absolute Gasteiger partial charge is 0.359 e. The van der Waals surface area contributed by atoms with Crippen molar-refractivity contribution < 1.29 is 4.74 Å². The Hall–Kier alpha value is -0.340. The van der Waals surface area contributed by atoms with Crippen LogP contribution < -0.4 is 5.32 Å². The minimum atomic E-state index is 0.294. The minimum Gasteiger partial charge on any atom is -0.359 e. The number of hydrogen-bond acceptors (Lipinski definition) is 2. The summed E-state index contributed by atoms with van der Waals surface area (Å²) in [7, 11) is 0. The maximum absolute atomic E-state index is 5.32. The van der Waals surface area contributed by atoms with Crippen molar-refractivity contribution in [3.63, 3.8) is 0 Å². The van der Waals surface area contributed by atoms with Crippen molar-refractivity contribution in [2.45, 2.75) is 19.1 Å². The Bertz CT molecular complexity index is 86.9. The first kappa shape index (κ1) is 6.78. The lowest BCUT2D eigenvalue weighted by Gasteiger charge is -2.08. The fraction of sp³-hybridized carbons (Fsp3) is 0.714. The zero-order chi connectivity index (χ0) is 6.53. The molecule has 52 valence electrons. The molecule has 1 saturated heterocycles. The molecule has 9 heavy (non-hydrogen) atoms. The molecule has 1 unspecified atom stereocenters. The van der Waals surface area contributed by atoms with E-state index >= 15 is 0 Å². The van der Waals surface area contributed by atoms with Gasteiger partial charge in [0.25, 0.3) is 0 Å². The first-order valence-corrected chi connectivity index (χ1v) is 3.39. The van der Waals surface area contributed by atoms with E-state index in [9.17, 15) is 0 Å². The molecule has 0 aromatic heterocycles. The predicted molar refractivity (Wildman–Crippen MR) is 37.2 cm³/mol. The van der Waals surface area contributed by atoms with Crippen LogP contribution in [0.15, 0.2) is 12.7 Å². The zero-order valence-corrected chi connectivity index (χ0v) is 5.60. The molecule has 0 radical (unpaired) electrons. The Kier molecular flexibility index (Phi) is 2.74. The first-order chi connectivity index (χ1) is 4.43. The summed E-state index contributed by atoms with van der Waals surface area (Å²) in [5.74, 6) is 0. The molecule has 0 aromatic rings. The van der Waals surface area contributed by atoms with Gasteiger partial charge in [-0.05, 0) is 19.4 Å². The molecule has 0 spiro atoms. The average Bonchev–Trinajstić information content (AvgIpc) is 2.34. The van der Waals surface area contributed by atoms with Crippen LogP contribution in [0.5, 0.6) is 0 Å². The van der Waals surface area contributed by atoms with Crippen molar-refractivity contribution in [3.05, 3.63) is 12.7 Å². The summed E-state index contributed by atoms with van der Waals surface area (Å²) in [5, 5.41) is 3.22. The van der Waals surface area contributed by atoms with Gasteiger partial charge in [-0.15, -0.1) is 6.58 Å². The topological polar surface area (TPSA) is 21.3 Å². The maximum Gasteiger partial charge on any atom is 0.108 e. The van der Waals surface area contributed by atoms with E-state index in [1.165, 1.54) is 6.42 Å². The lowest BCUT2D eigenvalue weighted by atomic mass is 10.4. The van der Waals surface area contributed by atoms with E-state index in [1.54, 1.807) is 6.08 Å². The molecule has 0 bridgehead atoms. The monoisotopic (exact) mass is 127 g/mol. The lowest BCUT2D eigenvalue weighted by Crippen LogP contribution is -2.24. The maximum atomic E-state index is 5.32. The Balaban J connectivity index is 2.04. The summed E-state index contributed by atoms with van der Waals surface area (Å²) < 4.78 is 5.32. The summed E-state index contributed by atoms with van der Waals surface area (Å²) in [6.45, 7) is 5.33. The second kappa shape index (κ2) is 3.64. The summed E-state index contributed by atoms with van der Waals surface area (Å²) in [4.78, 5) is 0. The molecule has 2 heteroatoms. The van der Waals surface area contributed by atoms with Gasteiger partial charge in [0.2, 0.25) is 0 Å². The van der Waals surface area contributed by atoms with E-state index in [2.05, 4.69) is 11.9 Å². The van der Waals surface area contributed by atoms with Gasteiger partial charge in [-0.3, -0.25) is 5.32 Å². The van der Waals surface area contributed by atoms with E-state index in [0.717, 1.165) is 13.0 Å². The van der Waals surface area contributed by atoms with Crippen LogP contribution in [0.2, 0.25) is 0 Å². The van der Waals surface area contributed by atoms with Crippen molar-refractivity contribution in [2.24, 2.45) is 0 Å². The molecule has 1 rings (SSSR count). The van der Waals surface area contributed by atoms with E-state index in [0.29, 0.717) is 12.8 Å². The Morgan fingerprint density at radius 1 is 1.78 bits per heavy atom. The second-order valence-corrected chi connectivity index (χ2v) is 2.21. The Morgan fingerprint density at radius 2 is 2.67 bits per heavy atom. The molecule has 1 N–H and O–H groups in total. The normalized spacial score (nSPS) is 26.4. The molecule has 1 heterocycles. The van der Waals surface area contributed by atoms with Gasteiger partial charge in [-0.25, -0.2) is 0 Å². The quantitative estimate of drug-likeness (QED) is 0.569. The molecule has 2 nitrogen and oxygen atoms in total. The van der Waals surface area contributed by atoms with Crippen LogP contribution in [-0.4, -0.2) is 19.4 Å². The van der Waals surface area contributed by atoms with Crippen molar-refractivity contribution in [3.8, 4) is 0 Å². The van der Waals surface area contributed by atoms with Gasteiger partial charge in [0.1, 0.15) is 6.23 Å². The number of hydrogen-bond donors (Lipinski definition) is 1. The summed E-state index contributed by atoms with van der Waals surface area (Å²) >= 11 is 0. The molecule has 0 saturated carbocycles. The second-order valence-electron chi connectivity index (χ2n) is 2.21. The number of nitrogens with one attached hydrogen (secondary N) is 1. The molecule has 1 fully saturated rings. The van der Waals surface area contributed by atoms with E-state index in [1.807, 2.05) is 0 Å². The third-order valence-corrected chi connectivity index (χ3v) is 1.43. The first-order valence-electron chi connectivity index (χ1n) is 3.39. The highest BCUT2D eigenvalue weighted by Gasteiger charge is 2.12. The molecule has 0 aromatic carbocycles. The third-order valence-electron chi connectivity index (χ3n) is 1.43. The van der Waals surface area contributed by atoms with Crippen LogP contribution in [0.25, 0.3) is 0 Å². The Labute approximate surface area is 55.9 Å². The standard InChI is InChI=1S/C7H13NO/c1-2-6-9-7-4-3-5-8-7/h2,7-8H,1,3-6H2. The fourth-order valence-electron chi connectivity index (χ4n) is 0.979. The van der Waals surface area contributed by atoms with Crippen LogP contribution >= 0.6 is 0 Å². The molecular formula is C7H13NO. The fourth-order valence-corrected chi connectivity index (χ4v) is 0.979. The average molecular weight is 127 g/mol. The third kappa shape index (κ3) is 2.16. The summed E-state index contributed by atoms with van der Waals surface area (Å²) in [6.07, 6.45) is 4.46. The molecule has 1 aliphatic rings. The van der Waals surface area contributed by atoms with Gasteiger partial charge in [0.05, 0.1) is 6.61 Å². The van der Waals surface area contributed by atoms with Crippen LogP contribution in [0.3, 0.4) is 0 Å². The summed E-state index contributed by atoms with van der Waals surface area (Å²) in [6, 6.07) is 0. The number of ether oxygens (including phenoxy) is 1. The van der Waals surface area contributed by atoms with Gasteiger partial charge in [0, 0.05) is 0 Å². The van der Waals surface area contributed by atoms with Gasteiger partial charge in [-0.2, -0.15) is 0 Å². The van der Waals surface area contributed by atoms with Gasteiger partial charge >= 0.3 is 0 Å². The SMILES string of the molecule is C=CCOC1CCCN1. The van der Waals surface area contributed by atoms with Gasteiger partial charge in [0.15, 0.2) is 0 Å². The van der Waals surface area contributed by atoms with E-state index < -0.39 is 0 Å². The minimum absolute atomic E-state index is 0.294. The Morgan fingerprint density at radius 3 is 3.22 bits per heavy atom. The number of rotatable bonds is 3. The van der Waals surface area contributed by atoms with Crippen LogP contribution in [-0.2, 0) is 4.74 Å². The van der Waals surface area contributed by atoms with Crippen LogP contribution in [0.1, 0.15) is 12.8 Å². The lowest BCUT2D eigenvalue weighted by molar-refractivity contribution is 0.0640. The van der Waals surface area contributed by atoms with Crippen molar-refractivity contribution in [1.82, 2.24) is 5.32 Å². The van der Waals surface area contributed by atoms with Gasteiger partial charge < -0.3 is 4.74 Å². The molecule has 0 aliphatic carbocycles. The van der Waals surface area contributed by atoms with E-state index in [-0.39, 0.29) is 0 Å². The highest BCUT2D eigenvalue weighted by Crippen LogP contribution is 2.05. The van der Waals surface area contributed by atoms with Gasteiger partial charge in [-0.1, -0.05) is 6.08 Å². The predicted octanol–water partition coefficient (Wildman–Crippen LogP) is 0.899. The van der Waals surface area contributed by atoms with Crippen LogP contribution in [0, 0.1) is 0 Å². The zero-order valence-electron chi connectivity index (χ0n) is 5.60. The van der Waals surface area contributed by atoms with Crippen molar-refractivity contribution in [2.75, 3.05) is 13.2 Å². The molecule has 1 atom stereocenters. The highest BCUT2D eigenvalue weighted by atomic mass is 16.5. The van der Waals surface area contributed by atoms with Crippen LogP contribution in [0.4, 0.5) is 0 Å². The van der Waals surface area contributed by atoms with E-state index in [4.69, 9.17) is 4.74 Å². The highest BCUT2D eigenvalue weighted by molar-refractivity contribution is 4.69. The van der Waals surface area contributed by atoms with Crippen molar-refractivity contribution in [1.29, 1.82) is 0 Å². The van der Waals surface area contributed by atoms with Crippen molar-refractivity contribution >= 4 is 0 Å². The smallest absolute Gasteiger partial charge is 0.108 e. The molecule has 1 aliphatic heterocycles. The molecular weight excluding hydrogens is 114 g/mol. The summed E-state index contributed by atoms with van der Waals surface area (Å²) in [5.41, 5.74) is 0. The molecule has 0 amide bonds.